The van der Waals surface area contributed by atoms with Crippen molar-refractivity contribution < 1.29 is 18.3 Å². The van der Waals surface area contributed by atoms with Crippen molar-refractivity contribution >= 4 is 17.7 Å². The molecule has 2 N–H and O–H groups in total. The molecule has 3 rings (SSSR count). The lowest BCUT2D eigenvalue weighted by Crippen LogP contribution is -2.15. The Labute approximate surface area is 153 Å². The molecule has 136 valence electrons. The number of benzene rings is 1. The van der Waals surface area contributed by atoms with Crippen LogP contribution >= 0.6 is 11.8 Å². The summed E-state index contributed by atoms with van der Waals surface area (Å²) in [5, 5.41) is 8.90. The van der Waals surface area contributed by atoms with Crippen molar-refractivity contribution in [3.8, 4) is 17.3 Å². The van der Waals surface area contributed by atoms with Crippen LogP contribution < -0.4 is 10.5 Å². The molecule has 0 aliphatic heterocycles. The zero-order chi connectivity index (χ0) is 18.5. The van der Waals surface area contributed by atoms with Crippen LogP contribution in [0.15, 0.2) is 46.2 Å². The standard InChI is InChI=1S/C17H17FN4O3S/c1-24-13-5-4-11(9-12(13)18)10-26-17-21-20-16(14-3-2-8-25-14)22(17)7-6-15(19)23/h2-5,8-9H,6-7,10H2,1H3,(H2,19,23). The normalized spacial score (nSPS) is 10.8. The number of carbonyl (C=O) groups excluding carboxylic acids is 1. The van der Waals surface area contributed by atoms with Crippen molar-refractivity contribution in [1.82, 2.24) is 14.8 Å². The summed E-state index contributed by atoms with van der Waals surface area (Å²) < 4.78 is 25.9. The SMILES string of the molecule is COc1ccc(CSc2nnc(-c3ccco3)n2CCC(N)=O)cc1F. The third-order valence-electron chi connectivity index (χ3n) is 3.62. The largest absolute Gasteiger partial charge is 0.494 e. The average molecular weight is 376 g/mol. The van der Waals surface area contributed by atoms with Gasteiger partial charge in [-0.3, -0.25) is 9.36 Å². The molecule has 0 unspecified atom stereocenters. The molecule has 0 saturated carbocycles. The molecular formula is C17H17FN4O3S. The molecule has 9 heteroatoms. The molecule has 0 fully saturated rings. The summed E-state index contributed by atoms with van der Waals surface area (Å²) in [4.78, 5) is 11.2. The molecular weight excluding hydrogens is 359 g/mol. The van der Waals surface area contributed by atoms with Gasteiger partial charge in [-0.05, 0) is 29.8 Å². The van der Waals surface area contributed by atoms with Gasteiger partial charge in [-0.2, -0.15) is 0 Å². The van der Waals surface area contributed by atoms with Crippen LogP contribution in [0.5, 0.6) is 5.75 Å². The Morgan fingerprint density at radius 1 is 1.38 bits per heavy atom. The summed E-state index contributed by atoms with van der Waals surface area (Å²) in [7, 11) is 1.42. The van der Waals surface area contributed by atoms with Crippen LogP contribution in [0.1, 0.15) is 12.0 Å². The van der Waals surface area contributed by atoms with Crippen LogP contribution in [0.25, 0.3) is 11.6 Å². The number of hydrogen-bond acceptors (Lipinski definition) is 6. The number of methoxy groups -OCH3 is 1. The number of furan rings is 1. The van der Waals surface area contributed by atoms with Crippen LogP contribution in [0.4, 0.5) is 4.39 Å². The first-order valence-corrected chi connectivity index (χ1v) is 8.77. The van der Waals surface area contributed by atoms with E-state index in [-0.39, 0.29) is 12.2 Å². The Morgan fingerprint density at radius 3 is 2.88 bits per heavy atom. The van der Waals surface area contributed by atoms with Crippen LogP contribution in [0.3, 0.4) is 0 Å². The fraction of sp³-hybridized carbons (Fsp3) is 0.235. The van der Waals surface area contributed by atoms with E-state index < -0.39 is 11.7 Å². The topological polar surface area (TPSA) is 96.2 Å². The van der Waals surface area contributed by atoms with Crippen molar-refractivity contribution in [1.29, 1.82) is 0 Å². The lowest BCUT2D eigenvalue weighted by Gasteiger charge is -2.08. The number of nitrogens with zero attached hydrogens (tertiary/aromatic N) is 3. The molecule has 1 aromatic carbocycles. The molecule has 7 nitrogen and oxygen atoms in total. The second-order valence-electron chi connectivity index (χ2n) is 5.41. The van der Waals surface area contributed by atoms with Crippen LogP contribution in [0.2, 0.25) is 0 Å². The molecule has 3 aromatic rings. The quantitative estimate of drug-likeness (QED) is 0.607. The van der Waals surface area contributed by atoms with E-state index in [9.17, 15) is 9.18 Å². The maximum Gasteiger partial charge on any atom is 0.219 e. The van der Waals surface area contributed by atoms with Gasteiger partial charge in [0, 0.05) is 18.7 Å². The van der Waals surface area contributed by atoms with Crippen molar-refractivity contribution in [2.45, 2.75) is 23.9 Å². The fourth-order valence-corrected chi connectivity index (χ4v) is 3.26. The smallest absolute Gasteiger partial charge is 0.219 e. The Kier molecular flexibility index (Phi) is 5.57. The zero-order valence-corrected chi connectivity index (χ0v) is 14.8. The Morgan fingerprint density at radius 2 is 2.23 bits per heavy atom. The lowest BCUT2D eigenvalue weighted by atomic mass is 10.2. The number of hydrogen-bond donors (Lipinski definition) is 1. The Bertz CT molecular complexity index is 896. The maximum atomic E-state index is 13.8. The highest BCUT2D eigenvalue weighted by atomic mass is 32.2. The number of nitrogens with two attached hydrogens (primary N) is 1. The Hall–Kier alpha value is -2.81. The van der Waals surface area contributed by atoms with E-state index in [4.69, 9.17) is 14.9 Å². The molecule has 2 heterocycles. The molecule has 0 atom stereocenters. The summed E-state index contributed by atoms with van der Waals surface area (Å²) in [6, 6.07) is 8.29. The molecule has 0 aliphatic carbocycles. The molecule has 0 radical (unpaired) electrons. The number of amides is 1. The van der Waals surface area contributed by atoms with E-state index in [1.54, 1.807) is 28.8 Å². The average Bonchev–Trinajstić information content (AvgIpc) is 3.27. The van der Waals surface area contributed by atoms with Gasteiger partial charge in [-0.25, -0.2) is 4.39 Å². The van der Waals surface area contributed by atoms with Gasteiger partial charge in [0.15, 0.2) is 28.3 Å². The summed E-state index contributed by atoms with van der Waals surface area (Å²) in [6.07, 6.45) is 1.69. The first kappa shape index (κ1) is 18.0. The monoisotopic (exact) mass is 376 g/mol. The van der Waals surface area contributed by atoms with Gasteiger partial charge >= 0.3 is 0 Å². The lowest BCUT2D eigenvalue weighted by molar-refractivity contribution is -0.118. The summed E-state index contributed by atoms with van der Waals surface area (Å²) >= 11 is 1.38. The number of rotatable bonds is 8. The number of halogens is 1. The molecule has 0 bridgehead atoms. The number of ether oxygens (including phenoxy) is 1. The number of thioether (sulfide) groups is 1. The van der Waals surface area contributed by atoms with Crippen LogP contribution in [-0.2, 0) is 17.1 Å². The molecule has 1 amide bonds. The van der Waals surface area contributed by atoms with E-state index >= 15 is 0 Å². The van der Waals surface area contributed by atoms with Crippen LogP contribution in [-0.4, -0.2) is 27.8 Å². The van der Waals surface area contributed by atoms with E-state index in [1.807, 2.05) is 0 Å². The van der Waals surface area contributed by atoms with E-state index in [0.717, 1.165) is 5.56 Å². The van der Waals surface area contributed by atoms with Crippen LogP contribution in [0, 0.1) is 5.82 Å². The van der Waals surface area contributed by atoms with E-state index in [2.05, 4.69) is 10.2 Å². The van der Waals surface area contributed by atoms with E-state index in [0.29, 0.717) is 29.0 Å². The molecule has 26 heavy (non-hydrogen) atoms. The number of primary amides is 1. The Balaban J connectivity index is 1.80. The summed E-state index contributed by atoms with van der Waals surface area (Å²) in [5.74, 6) is 0.898. The van der Waals surface area contributed by atoms with Crippen molar-refractivity contribution in [2.24, 2.45) is 5.73 Å². The van der Waals surface area contributed by atoms with Gasteiger partial charge in [-0.15, -0.1) is 10.2 Å². The van der Waals surface area contributed by atoms with Gasteiger partial charge < -0.3 is 14.9 Å². The van der Waals surface area contributed by atoms with E-state index in [1.165, 1.54) is 31.2 Å². The van der Waals surface area contributed by atoms with Gasteiger partial charge in [0.05, 0.1) is 13.4 Å². The zero-order valence-electron chi connectivity index (χ0n) is 14.0. The fourth-order valence-electron chi connectivity index (χ4n) is 2.35. The molecule has 2 aromatic heterocycles. The minimum atomic E-state index is -0.419. The van der Waals surface area contributed by atoms with Crippen molar-refractivity contribution in [2.75, 3.05) is 7.11 Å². The summed E-state index contributed by atoms with van der Waals surface area (Å²) in [5.41, 5.74) is 6.04. The minimum absolute atomic E-state index is 0.149. The molecule has 0 spiro atoms. The first-order valence-electron chi connectivity index (χ1n) is 7.79. The van der Waals surface area contributed by atoms with Gasteiger partial charge in [0.25, 0.3) is 0 Å². The van der Waals surface area contributed by atoms with Gasteiger partial charge in [0.2, 0.25) is 5.91 Å². The highest BCUT2D eigenvalue weighted by Crippen LogP contribution is 2.28. The first-order chi connectivity index (χ1) is 12.6. The van der Waals surface area contributed by atoms with Crippen molar-refractivity contribution in [3.63, 3.8) is 0 Å². The third kappa shape index (κ3) is 4.05. The highest BCUT2D eigenvalue weighted by Gasteiger charge is 2.17. The minimum Gasteiger partial charge on any atom is -0.494 e. The van der Waals surface area contributed by atoms with Gasteiger partial charge in [-0.1, -0.05) is 17.8 Å². The number of aromatic nitrogens is 3. The molecule has 0 aliphatic rings. The van der Waals surface area contributed by atoms with Crippen molar-refractivity contribution in [3.05, 3.63) is 48.0 Å². The summed E-state index contributed by atoms with van der Waals surface area (Å²) in [6.45, 7) is 0.331. The molecule has 0 saturated heterocycles. The number of carbonyl (C=O) groups is 1. The second-order valence-corrected chi connectivity index (χ2v) is 6.35. The second kappa shape index (κ2) is 8.05. The third-order valence-corrected chi connectivity index (χ3v) is 4.66. The van der Waals surface area contributed by atoms with Gasteiger partial charge in [0.1, 0.15) is 0 Å². The predicted molar refractivity (Wildman–Crippen MR) is 94.0 cm³/mol. The highest BCUT2D eigenvalue weighted by molar-refractivity contribution is 7.98. The predicted octanol–water partition coefficient (Wildman–Crippen LogP) is 2.85. The maximum absolute atomic E-state index is 13.8.